The molecule has 0 bridgehead atoms. The smallest absolute Gasteiger partial charge is 0.309 e. The number of halogens is 1. The highest BCUT2D eigenvalue weighted by molar-refractivity contribution is 7.15. The van der Waals surface area contributed by atoms with E-state index in [0.29, 0.717) is 5.69 Å². The Morgan fingerprint density at radius 3 is 2.64 bits per heavy atom. The highest BCUT2D eigenvalue weighted by Crippen LogP contribution is 2.31. The van der Waals surface area contributed by atoms with E-state index in [9.17, 15) is 14.3 Å². The Morgan fingerprint density at radius 1 is 1.36 bits per heavy atom. The highest BCUT2D eigenvalue weighted by atomic mass is 32.1. The zero-order valence-corrected chi connectivity index (χ0v) is 13.0. The summed E-state index contributed by atoms with van der Waals surface area (Å²) in [5.74, 6) is -1.04. The fraction of sp³-hybridized carbons (Fsp3) is 0.250. The van der Waals surface area contributed by atoms with Crippen molar-refractivity contribution in [2.45, 2.75) is 26.2 Å². The molecule has 3 aromatic rings. The third-order valence-corrected chi connectivity index (χ3v) is 4.32. The van der Waals surface area contributed by atoms with Gasteiger partial charge in [-0.2, -0.15) is 0 Å². The third-order valence-electron chi connectivity index (χ3n) is 3.50. The van der Waals surface area contributed by atoms with Gasteiger partial charge in [-0.25, -0.2) is 9.37 Å². The maximum absolute atomic E-state index is 13.1. The predicted octanol–water partition coefficient (Wildman–Crippen LogP) is 3.95. The summed E-state index contributed by atoms with van der Waals surface area (Å²) in [4.78, 5) is 16.5. The Balaban J connectivity index is 2.23. The molecular weight excluding hydrogens is 303 g/mol. The molecule has 0 fully saturated rings. The molecule has 2 heterocycles. The van der Waals surface area contributed by atoms with Crippen LogP contribution in [0.15, 0.2) is 29.6 Å². The highest BCUT2D eigenvalue weighted by Gasteiger charge is 2.21. The minimum atomic E-state index is -0.889. The molecule has 0 spiro atoms. The molecule has 0 amide bonds. The van der Waals surface area contributed by atoms with Crippen molar-refractivity contribution in [2.75, 3.05) is 0 Å². The van der Waals surface area contributed by atoms with Crippen molar-refractivity contribution < 1.29 is 14.3 Å². The van der Waals surface area contributed by atoms with Crippen LogP contribution in [-0.4, -0.2) is 20.5 Å². The second kappa shape index (κ2) is 5.53. The molecule has 114 valence electrons. The lowest BCUT2D eigenvalue weighted by atomic mass is 10.1. The molecule has 4 nitrogen and oxygen atoms in total. The lowest BCUT2D eigenvalue weighted by Crippen LogP contribution is -2.07. The Kier molecular flexibility index (Phi) is 3.70. The van der Waals surface area contributed by atoms with Crippen LogP contribution in [-0.2, 0) is 11.2 Å². The molecule has 0 atom stereocenters. The van der Waals surface area contributed by atoms with E-state index in [1.165, 1.54) is 23.5 Å². The SMILES string of the molecule is CC(C)c1nc2scc(-c3ccc(F)cc3)n2c1CC(=O)O. The summed E-state index contributed by atoms with van der Waals surface area (Å²) in [6, 6.07) is 6.18. The van der Waals surface area contributed by atoms with Gasteiger partial charge in [-0.05, 0) is 35.7 Å². The van der Waals surface area contributed by atoms with Gasteiger partial charge in [0.05, 0.1) is 23.5 Å². The van der Waals surface area contributed by atoms with Crippen LogP contribution in [0.5, 0.6) is 0 Å². The first-order chi connectivity index (χ1) is 10.5. The minimum Gasteiger partial charge on any atom is -0.481 e. The molecular formula is C16H15FN2O2S. The molecule has 0 aliphatic heterocycles. The number of fused-ring (bicyclic) bond motifs is 1. The van der Waals surface area contributed by atoms with Crippen LogP contribution in [0.4, 0.5) is 4.39 Å². The second-order valence-electron chi connectivity index (χ2n) is 5.41. The van der Waals surface area contributed by atoms with Gasteiger partial charge in [0.25, 0.3) is 0 Å². The molecule has 2 aromatic heterocycles. The Hall–Kier alpha value is -2.21. The fourth-order valence-corrected chi connectivity index (χ4v) is 3.45. The molecule has 0 unspecified atom stereocenters. The third kappa shape index (κ3) is 2.50. The van der Waals surface area contributed by atoms with Crippen molar-refractivity contribution in [3.05, 3.63) is 46.9 Å². The number of benzene rings is 1. The van der Waals surface area contributed by atoms with E-state index in [1.807, 2.05) is 23.6 Å². The van der Waals surface area contributed by atoms with E-state index >= 15 is 0 Å². The molecule has 22 heavy (non-hydrogen) atoms. The number of hydrogen-bond donors (Lipinski definition) is 1. The van der Waals surface area contributed by atoms with Gasteiger partial charge >= 0.3 is 5.97 Å². The number of rotatable bonds is 4. The van der Waals surface area contributed by atoms with E-state index in [0.717, 1.165) is 21.9 Å². The van der Waals surface area contributed by atoms with Crippen LogP contribution in [0.1, 0.15) is 31.2 Å². The summed E-state index contributed by atoms with van der Waals surface area (Å²) in [6.45, 7) is 3.99. The van der Waals surface area contributed by atoms with Gasteiger partial charge in [-0.3, -0.25) is 9.20 Å². The summed E-state index contributed by atoms with van der Waals surface area (Å²) in [7, 11) is 0. The van der Waals surface area contributed by atoms with Crippen LogP contribution < -0.4 is 0 Å². The van der Waals surface area contributed by atoms with Gasteiger partial charge in [-0.1, -0.05) is 13.8 Å². The first-order valence-electron chi connectivity index (χ1n) is 6.94. The summed E-state index contributed by atoms with van der Waals surface area (Å²) < 4.78 is 15.0. The van der Waals surface area contributed by atoms with Crippen LogP contribution in [0.3, 0.4) is 0 Å². The molecule has 0 saturated heterocycles. The summed E-state index contributed by atoms with van der Waals surface area (Å²) in [5, 5.41) is 11.1. The normalized spacial score (nSPS) is 11.5. The van der Waals surface area contributed by atoms with Crippen molar-refractivity contribution in [3.8, 4) is 11.3 Å². The van der Waals surface area contributed by atoms with Crippen LogP contribution in [0, 0.1) is 5.82 Å². The maximum atomic E-state index is 13.1. The number of carboxylic acids is 1. The van der Waals surface area contributed by atoms with Crippen molar-refractivity contribution in [1.29, 1.82) is 0 Å². The quantitative estimate of drug-likeness (QED) is 0.792. The van der Waals surface area contributed by atoms with E-state index in [-0.39, 0.29) is 18.2 Å². The number of carbonyl (C=O) groups is 1. The average molecular weight is 318 g/mol. The summed E-state index contributed by atoms with van der Waals surface area (Å²) in [5.41, 5.74) is 3.18. The van der Waals surface area contributed by atoms with E-state index < -0.39 is 5.97 Å². The van der Waals surface area contributed by atoms with Crippen molar-refractivity contribution in [1.82, 2.24) is 9.38 Å². The topological polar surface area (TPSA) is 54.6 Å². The van der Waals surface area contributed by atoms with Gasteiger partial charge in [0, 0.05) is 5.38 Å². The lowest BCUT2D eigenvalue weighted by Gasteiger charge is -2.07. The lowest BCUT2D eigenvalue weighted by molar-refractivity contribution is -0.136. The standard InChI is InChI=1S/C16H15FN2O2S/c1-9(2)15-12(7-14(20)21)19-13(8-22-16(19)18-15)10-3-5-11(17)6-4-10/h3-6,8-9H,7H2,1-2H3,(H,20,21). The Labute approximate surface area is 130 Å². The van der Waals surface area contributed by atoms with Crippen molar-refractivity contribution in [2.24, 2.45) is 0 Å². The van der Waals surface area contributed by atoms with Gasteiger partial charge in [-0.15, -0.1) is 11.3 Å². The molecule has 0 aliphatic rings. The molecule has 0 saturated carbocycles. The number of thiazole rings is 1. The predicted molar refractivity (Wildman–Crippen MR) is 83.9 cm³/mol. The minimum absolute atomic E-state index is 0.0837. The molecule has 1 N–H and O–H groups in total. The van der Waals surface area contributed by atoms with E-state index in [4.69, 9.17) is 0 Å². The summed E-state index contributed by atoms with van der Waals surface area (Å²) in [6.07, 6.45) is -0.0837. The van der Waals surface area contributed by atoms with E-state index in [2.05, 4.69) is 4.98 Å². The van der Waals surface area contributed by atoms with E-state index in [1.54, 1.807) is 12.1 Å². The largest absolute Gasteiger partial charge is 0.481 e. The Bertz CT molecular complexity index is 834. The molecule has 0 radical (unpaired) electrons. The molecule has 0 aliphatic carbocycles. The van der Waals surface area contributed by atoms with Crippen LogP contribution >= 0.6 is 11.3 Å². The zero-order chi connectivity index (χ0) is 15.9. The molecule has 3 rings (SSSR count). The number of nitrogens with zero attached hydrogens (tertiary/aromatic N) is 2. The summed E-state index contributed by atoms with van der Waals surface area (Å²) >= 11 is 1.46. The van der Waals surface area contributed by atoms with Crippen LogP contribution in [0.25, 0.3) is 16.2 Å². The number of carboxylic acid groups (broad SMARTS) is 1. The van der Waals surface area contributed by atoms with Crippen molar-refractivity contribution >= 4 is 22.3 Å². The monoisotopic (exact) mass is 318 g/mol. The number of aliphatic carboxylic acids is 1. The fourth-order valence-electron chi connectivity index (χ4n) is 2.53. The van der Waals surface area contributed by atoms with Gasteiger partial charge in [0.1, 0.15) is 5.82 Å². The molecule has 1 aromatic carbocycles. The number of aromatic nitrogens is 2. The van der Waals surface area contributed by atoms with Gasteiger partial charge in [0.2, 0.25) is 0 Å². The number of hydrogen-bond acceptors (Lipinski definition) is 3. The first-order valence-corrected chi connectivity index (χ1v) is 7.81. The Morgan fingerprint density at radius 2 is 2.05 bits per heavy atom. The second-order valence-corrected chi connectivity index (χ2v) is 6.25. The zero-order valence-electron chi connectivity index (χ0n) is 12.2. The van der Waals surface area contributed by atoms with Crippen LogP contribution in [0.2, 0.25) is 0 Å². The number of imidazole rings is 1. The maximum Gasteiger partial charge on any atom is 0.309 e. The van der Waals surface area contributed by atoms with Gasteiger partial charge < -0.3 is 5.11 Å². The van der Waals surface area contributed by atoms with Gasteiger partial charge in [0.15, 0.2) is 4.96 Å². The molecule has 6 heteroatoms. The average Bonchev–Trinajstić information content (AvgIpc) is 3.00. The first kappa shape index (κ1) is 14.7. The van der Waals surface area contributed by atoms with Crippen molar-refractivity contribution in [3.63, 3.8) is 0 Å².